The van der Waals surface area contributed by atoms with Crippen LogP contribution in [0.5, 0.6) is 0 Å². The Bertz CT molecular complexity index is 540. The van der Waals surface area contributed by atoms with E-state index in [9.17, 15) is 9.90 Å². The number of nitrogens with one attached hydrogen (secondary N) is 1. The van der Waals surface area contributed by atoms with Gasteiger partial charge in [0.1, 0.15) is 0 Å². The summed E-state index contributed by atoms with van der Waals surface area (Å²) in [5, 5.41) is 12.3. The zero-order valence-corrected chi connectivity index (χ0v) is 15.1. The summed E-state index contributed by atoms with van der Waals surface area (Å²) in [6, 6.07) is 8.58. The molecule has 2 amide bonds. The van der Waals surface area contributed by atoms with E-state index in [0.29, 0.717) is 13.1 Å². The van der Waals surface area contributed by atoms with E-state index in [1.54, 1.807) is 0 Å². The number of piperidine rings is 2. The lowest BCUT2D eigenvalue weighted by Crippen LogP contribution is -2.45. The second-order valence-electron chi connectivity index (χ2n) is 7.45. The molecular formula is C20H31N3O2. The quantitative estimate of drug-likeness (QED) is 0.862. The summed E-state index contributed by atoms with van der Waals surface area (Å²) >= 11 is 0. The molecule has 1 atom stereocenters. The van der Waals surface area contributed by atoms with Gasteiger partial charge in [0.25, 0.3) is 0 Å². The van der Waals surface area contributed by atoms with Gasteiger partial charge in [-0.3, -0.25) is 4.90 Å². The van der Waals surface area contributed by atoms with Gasteiger partial charge in [0.15, 0.2) is 0 Å². The summed E-state index contributed by atoms with van der Waals surface area (Å²) in [7, 11) is 0. The number of likely N-dealkylation sites (tertiary alicyclic amines) is 2. The second-order valence-corrected chi connectivity index (χ2v) is 7.45. The van der Waals surface area contributed by atoms with Crippen LogP contribution in [0.15, 0.2) is 24.3 Å². The highest BCUT2D eigenvalue weighted by Crippen LogP contribution is 2.16. The Morgan fingerprint density at radius 2 is 1.76 bits per heavy atom. The molecule has 2 aliphatic rings. The van der Waals surface area contributed by atoms with Crippen LogP contribution in [0, 0.1) is 5.92 Å². The molecule has 1 aromatic carbocycles. The lowest BCUT2D eigenvalue weighted by atomic mass is 9.99. The topological polar surface area (TPSA) is 55.8 Å². The fourth-order valence-electron chi connectivity index (χ4n) is 3.83. The minimum Gasteiger partial charge on any atom is -0.396 e. The number of carbonyl (C=O) groups is 1. The molecule has 5 nitrogen and oxygen atoms in total. The molecule has 2 heterocycles. The first-order valence-electron chi connectivity index (χ1n) is 9.68. The van der Waals surface area contributed by atoms with E-state index in [1.807, 2.05) is 4.90 Å². The van der Waals surface area contributed by atoms with Crippen LogP contribution in [-0.4, -0.2) is 53.7 Å². The van der Waals surface area contributed by atoms with E-state index >= 15 is 0 Å². The minimum absolute atomic E-state index is 0.0180. The number of rotatable bonds is 5. The summed E-state index contributed by atoms with van der Waals surface area (Å²) < 4.78 is 0. The minimum atomic E-state index is -0.0180. The van der Waals surface area contributed by atoms with E-state index in [-0.39, 0.29) is 18.6 Å². The lowest BCUT2D eigenvalue weighted by Gasteiger charge is -2.31. The van der Waals surface area contributed by atoms with Crippen molar-refractivity contribution in [2.45, 2.75) is 45.2 Å². The molecule has 1 unspecified atom stereocenters. The van der Waals surface area contributed by atoms with Gasteiger partial charge in [0.2, 0.25) is 0 Å². The molecular weight excluding hydrogens is 314 g/mol. The van der Waals surface area contributed by atoms with Gasteiger partial charge in [-0.05, 0) is 55.8 Å². The second kappa shape index (κ2) is 9.20. The summed E-state index contributed by atoms with van der Waals surface area (Å²) in [5.41, 5.74) is 2.48. The SMILES string of the molecule is O=C(NCc1ccc(CN2CCCCC2)cc1)N1CCCC(CO)C1. The number of carbonyl (C=O) groups excluding carboxylic acids is 1. The molecule has 0 radical (unpaired) electrons. The molecule has 138 valence electrons. The predicted molar refractivity (Wildman–Crippen MR) is 99.2 cm³/mol. The number of aliphatic hydroxyl groups is 1. The van der Waals surface area contributed by atoms with Crippen molar-refractivity contribution in [3.05, 3.63) is 35.4 Å². The van der Waals surface area contributed by atoms with Crippen LogP contribution in [0.25, 0.3) is 0 Å². The van der Waals surface area contributed by atoms with E-state index in [1.165, 1.54) is 37.9 Å². The van der Waals surface area contributed by atoms with Gasteiger partial charge in [-0.25, -0.2) is 4.79 Å². The molecule has 2 aliphatic heterocycles. The average molecular weight is 345 g/mol. The van der Waals surface area contributed by atoms with E-state index < -0.39 is 0 Å². The molecule has 0 aliphatic carbocycles. The normalized spacial score (nSPS) is 22.0. The Kier molecular flexibility index (Phi) is 6.70. The molecule has 5 heteroatoms. The Morgan fingerprint density at radius 1 is 1.04 bits per heavy atom. The molecule has 1 aromatic rings. The number of hydrogen-bond acceptors (Lipinski definition) is 3. The number of urea groups is 1. The van der Waals surface area contributed by atoms with Crippen molar-refractivity contribution in [1.29, 1.82) is 0 Å². The first kappa shape index (κ1) is 18.2. The fourth-order valence-corrected chi connectivity index (χ4v) is 3.83. The summed E-state index contributed by atoms with van der Waals surface area (Å²) in [4.78, 5) is 16.6. The molecule has 0 saturated carbocycles. The molecule has 2 saturated heterocycles. The Labute approximate surface area is 151 Å². The Morgan fingerprint density at radius 3 is 2.48 bits per heavy atom. The first-order valence-corrected chi connectivity index (χ1v) is 9.68. The summed E-state index contributed by atoms with van der Waals surface area (Å²) in [6.45, 7) is 5.63. The van der Waals surface area contributed by atoms with Crippen LogP contribution in [-0.2, 0) is 13.1 Å². The molecule has 3 rings (SSSR count). The van der Waals surface area contributed by atoms with Gasteiger partial charge < -0.3 is 15.3 Å². The number of aliphatic hydroxyl groups excluding tert-OH is 1. The van der Waals surface area contributed by atoms with Crippen molar-refractivity contribution in [2.75, 3.05) is 32.8 Å². The van der Waals surface area contributed by atoms with Gasteiger partial charge in [0.05, 0.1) is 0 Å². The molecule has 0 aromatic heterocycles. The highest BCUT2D eigenvalue weighted by molar-refractivity contribution is 5.74. The zero-order valence-electron chi connectivity index (χ0n) is 15.1. The van der Waals surface area contributed by atoms with E-state index in [0.717, 1.165) is 31.5 Å². The Hall–Kier alpha value is -1.59. The van der Waals surface area contributed by atoms with Crippen molar-refractivity contribution < 1.29 is 9.90 Å². The third-order valence-corrected chi connectivity index (χ3v) is 5.39. The maximum atomic E-state index is 12.3. The number of nitrogens with zero attached hydrogens (tertiary/aromatic N) is 2. The van der Waals surface area contributed by atoms with Crippen LogP contribution in [0.1, 0.15) is 43.2 Å². The van der Waals surface area contributed by atoms with E-state index in [4.69, 9.17) is 0 Å². The van der Waals surface area contributed by atoms with Gasteiger partial charge in [-0.2, -0.15) is 0 Å². The van der Waals surface area contributed by atoms with Gasteiger partial charge >= 0.3 is 6.03 Å². The van der Waals surface area contributed by atoms with Gasteiger partial charge in [0, 0.05) is 32.8 Å². The zero-order chi connectivity index (χ0) is 17.5. The van der Waals surface area contributed by atoms with Crippen molar-refractivity contribution in [2.24, 2.45) is 5.92 Å². The van der Waals surface area contributed by atoms with Crippen LogP contribution in [0.3, 0.4) is 0 Å². The third kappa shape index (κ3) is 5.44. The van der Waals surface area contributed by atoms with Crippen LogP contribution < -0.4 is 5.32 Å². The lowest BCUT2D eigenvalue weighted by molar-refractivity contribution is 0.129. The smallest absolute Gasteiger partial charge is 0.317 e. The standard InChI is InChI=1S/C20H31N3O2/c24-16-19-5-4-12-23(15-19)20(25)21-13-17-6-8-18(9-7-17)14-22-10-2-1-3-11-22/h6-9,19,24H,1-5,10-16H2,(H,21,25). The number of benzene rings is 1. The maximum absolute atomic E-state index is 12.3. The predicted octanol–water partition coefficient (Wildman–Crippen LogP) is 2.59. The molecule has 2 N–H and O–H groups in total. The van der Waals surface area contributed by atoms with Crippen molar-refractivity contribution in [1.82, 2.24) is 15.1 Å². The van der Waals surface area contributed by atoms with Crippen molar-refractivity contribution in [3.8, 4) is 0 Å². The highest BCUT2D eigenvalue weighted by atomic mass is 16.3. The third-order valence-electron chi connectivity index (χ3n) is 5.39. The summed E-state index contributed by atoms with van der Waals surface area (Å²) in [5.74, 6) is 0.230. The fraction of sp³-hybridized carbons (Fsp3) is 0.650. The Balaban J connectivity index is 1.44. The maximum Gasteiger partial charge on any atom is 0.317 e. The van der Waals surface area contributed by atoms with Crippen LogP contribution in [0.4, 0.5) is 4.79 Å². The molecule has 0 bridgehead atoms. The summed E-state index contributed by atoms with van der Waals surface area (Å²) in [6.07, 6.45) is 5.99. The van der Waals surface area contributed by atoms with Crippen LogP contribution >= 0.6 is 0 Å². The van der Waals surface area contributed by atoms with Crippen LogP contribution in [0.2, 0.25) is 0 Å². The van der Waals surface area contributed by atoms with Gasteiger partial charge in [-0.15, -0.1) is 0 Å². The molecule has 0 spiro atoms. The van der Waals surface area contributed by atoms with Crippen molar-refractivity contribution >= 4 is 6.03 Å². The molecule has 25 heavy (non-hydrogen) atoms. The first-order chi connectivity index (χ1) is 12.2. The average Bonchev–Trinajstić information content (AvgIpc) is 2.68. The van der Waals surface area contributed by atoms with E-state index in [2.05, 4.69) is 34.5 Å². The largest absolute Gasteiger partial charge is 0.396 e. The van der Waals surface area contributed by atoms with Gasteiger partial charge in [-0.1, -0.05) is 30.7 Å². The number of hydrogen-bond donors (Lipinski definition) is 2. The molecule has 2 fully saturated rings. The monoisotopic (exact) mass is 345 g/mol. The highest BCUT2D eigenvalue weighted by Gasteiger charge is 2.22. The number of amides is 2. The van der Waals surface area contributed by atoms with Crippen molar-refractivity contribution in [3.63, 3.8) is 0 Å².